The van der Waals surface area contributed by atoms with E-state index < -0.39 is 0 Å². The van der Waals surface area contributed by atoms with E-state index in [1.165, 1.54) is 5.56 Å². The number of likely N-dealkylation sites (N-methyl/N-ethyl adjacent to an activating group) is 1. The summed E-state index contributed by atoms with van der Waals surface area (Å²) in [5.41, 5.74) is 3.44. The molecule has 0 spiro atoms. The zero-order valence-electron chi connectivity index (χ0n) is 11.5. The zero-order chi connectivity index (χ0) is 13.7. The molecule has 2 aromatic carbocycles. The number of benzene rings is 2. The van der Waals surface area contributed by atoms with Crippen LogP contribution in [0.1, 0.15) is 16.7 Å². The Balaban J connectivity index is 1.94. The molecule has 0 bridgehead atoms. The van der Waals surface area contributed by atoms with Gasteiger partial charge >= 0.3 is 0 Å². The van der Waals surface area contributed by atoms with Crippen LogP contribution in [0.25, 0.3) is 0 Å². The number of aryl methyl sites for hydroxylation is 1. The normalized spacial score (nSPS) is 10.2. The van der Waals surface area contributed by atoms with Gasteiger partial charge in [-0.1, -0.05) is 60.2 Å². The lowest BCUT2D eigenvalue weighted by Crippen LogP contribution is -2.27. The molecule has 2 aromatic rings. The van der Waals surface area contributed by atoms with Crippen molar-refractivity contribution in [1.82, 2.24) is 4.90 Å². The first kappa shape index (κ1) is 13.3. The van der Waals surface area contributed by atoms with E-state index in [9.17, 15) is 4.79 Å². The van der Waals surface area contributed by atoms with Gasteiger partial charge in [-0.2, -0.15) is 0 Å². The minimum absolute atomic E-state index is 0.146. The lowest BCUT2D eigenvalue weighted by Gasteiger charge is -2.17. The molecule has 0 saturated heterocycles. The predicted molar refractivity (Wildman–Crippen MR) is 77.8 cm³/mol. The van der Waals surface area contributed by atoms with Crippen molar-refractivity contribution in [3.05, 3.63) is 71.3 Å². The maximum absolute atomic E-state index is 12.1. The molecule has 98 valence electrons. The highest BCUT2D eigenvalue weighted by atomic mass is 16.2. The van der Waals surface area contributed by atoms with Gasteiger partial charge in [0, 0.05) is 13.6 Å². The topological polar surface area (TPSA) is 20.3 Å². The van der Waals surface area contributed by atoms with E-state index in [2.05, 4.69) is 0 Å². The first-order valence-electron chi connectivity index (χ1n) is 6.48. The van der Waals surface area contributed by atoms with Gasteiger partial charge in [-0.05, 0) is 18.1 Å². The average molecular weight is 253 g/mol. The number of carbonyl (C=O) groups excluding carboxylic acids is 1. The largest absolute Gasteiger partial charge is 0.341 e. The van der Waals surface area contributed by atoms with Crippen LogP contribution < -0.4 is 0 Å². The van der Waals surface area contributed by atoms with Crippen LogP contribution >= 0.6 is 0 Å². The Bertz CT molecular complexity index is 531. The average Bonchev–Trinajstić information content (AvgIpc) is 2.42. The number of hydrogen-bond acceptors (Lipinski definition) is 1. The van der Waals surface area contributed by atoms with E-state index >= 15 is 0 Å². The molecule has 0 aliphatic heterocycles. The van der Waals surface area contributed by atoms with Crippen molar-refractivity contribution in [3.63, 3.8) is 0 Å². The predicted octanol–water partition coefficient (Wildman–Crippen LogP) is 3.20. The first-order valence-corrected chi connectivity index (χ1v) is 6.48. The Morgan fingerprint density at radius 3 is 2.21 bits per heavy atom. The van der Waals surface area contributed by atoms with E-state index in [1.54, 1.807) is 4.90 Å². The van der Waals surface area contributed by atoms with Gasteiger partial charge in [0.05, 0.1) is 6.42 Å². The smallest absolute Gasteiger partial charge is 0.227 e. The van der Waals surface area contributed by atoms with Gasteiger partial charge in [-0.15, -0.1) is 0 Å². The molecule has 0 N–H and O–H groups in total. The highest BCUT2D eigenvalue weighted by Gasteiger charge is 2.09. The van der Waals surface area contributed by atoms with Crippen molar-refractivity contribution in [1.29, 1.82) is 0 Å². The molecule has 2 heteroatoms. The summed E-state index contributed by atoms with van der Waals surface area (Å²) in [5, 5.41) is 0. The number of hydrogen-bond donors (Lipinski definition) is 0. The Hall–Kier alpha value is -2.09. The Kier molecular flexibility index (Phi) is 4.35. The van der Waals surface area contributed by atoms with Gasteiger partial charge in [0.1, 0.15) is 0 Å². The SMILES string of the molecule is Cc1ccc(CC(=O)N(C)Cc2ccccc2)cc1. The lowest BCUT2D eigenvalue weighted by atomic mass is 10.1. The fraction of sp³-hybridized carbons (Fsp3) is 0.235. The van der Waals surface area contributed by atoms with Crippen LogP contribution in [0.3, 0.4) is 0 Å². The third-order valence-corrected chi connectivity index (χ3v) is 3.16. The van der Waals surface area contributed by atoms with Crippen molar-refractivity contribution in [2.45, 2.75) is 19.9 Å². The highest BCUT2D eigenvalue weighted by Crippen LogP contribution is 2.08. The van der Waals surface area contributed by atoms with Crippen molar-refractivity contribution < 1.29 is 4.79 Å². The Labute approximate surface area is 114 Å². The van der Waals surface area contributed by atoms with Crippen LogP contribution in [-0.4, -0.2) is 17.9 Å². The highest BCUT2D eigenvalue weighted by molar-refractivity contribution is 5.78. The molecule has 2 nitrogen and oxygen atoms in total. The Morgan fingerprint density at radius 1 is 0.947 bits per heavy atom. The van der Waals surface area contributed by atoms with E-state index in [4.69, 9.17) is 0 Å². The van der Waals surface area contributed by atoms with E-state index in [0.717, 1.165) is 11.1 Å². The standard InChI is InChI=1S/C17H19NO/c1-14-8-10-15(11-9-14)12-17(19)18(2)13-16-6-4-3-5-7-16/h3-11H,12-13H2,1-2H3. The van der Waals surface area contributed by atoms with Gasteiger partial charge in [-0.3, -0.25) is 4.79 Å². The summed E-state index contributed by atoms with van der Waals surface area (Å²) in [6, 6.07) is 18.2. The second-order valence-corrected chi connectivity index (χ2v) is 4.90. The molecular formula is C17H19NO. The van der Waals surface area contributed by atoms with Gasteiger partial charge in [0.15, 0.2) is 0 Å². The number of carbonyl (C=O) groups is 1. The molecule has 0 saturated carbocycles. The Morgan fingerprint density at radius 2 is 1.58 bits per heavy atom. The molecule has 19 heavy (non-hydrogen) atoms. The summed E-state index contributed by atoms with van der Waals surface area (Å²) in [7, 11) is 1.85. The van der Waals surface area contributed by atoms with E-state index in [-0.39, 0.29) is 5.91 Å². The van der Waals surface area contributed by atoms with Gasteiger partial charge in [-0.25, -0.2) is 0 Å². The van der Waals surface area contributed by atoms with Gasteiger partial charge in [0.25, 0.3) is 0 Å². The third kappa shape index (κ3) is 3.95. The second-order valence-electron chi connectivity index (χ2n) is 4.90. The van der Waals surface area contributed by atoms with Crippen LogP contribution in [-0.2, 0) is 17.8 Å². The van der Waals surface area contributed by atoms with E-state index in [0.29, 0.717) is 13.0 Å². The number of rotatable bonds is 4. The molecule has 0 atom stereocenters. The van der Waals surface area contributed by atoms with Gasteiger partial charge in [0.2, 0.25) is 5.91 Å². The molecule has 0 heterocycles. The van der Waals surface area contributed by atoms with Crippen molar-refractivity contribution in [3.8, 4) is 0 Å². The summed E-state index contributed by atoms with van der Waals surface area (Å²) in [6.45, 7) is 2.71. The van der Waals surface area contributed by atoms with Gasteiger partial charge < -0.3 is 4.90 Å². The van der Waals surface area contributed by atoms with Crippen molar-refractivity contribution >= 4 is 5.91 Å². The fourth-order valence-electron chi connectivity index (χ4n) is 1.96. The summed E-state index contributed by atoms with van der Waals surface area (Å²) < 4.78 is 0. The van der Waals surface area contributed by atoms with Crippen molar-refractivity contribution in [2.24, 2.45) is 0 Å². The monoisotopic (exact) mass is 253 g/mol. The summed E-state index contributed by atoms with van der Waals surface area (Å²) in [6.07, 6.45) is 0.462. The maximum atomic E-state index is 12.1. The summed E-state index contributed by atoms with van der Waals surface area (Å²) in [5.74, 6) is 0.146. The molecule has 2 rings (SSSR count). The molecule has 0 aliphatic rings. The van der Waals surface area contributed by atoms with Crippen LogP contribution in [0.15, 0.2) is 54.6 Å². The molecule has 0 radical (unpaired) electrons. The third-order valence-electron chi connectivity index (χ3n) is 3.16. The van der Waals surface area contributed by atoms with E-state index in [1.807, 2.05) is 68.6 Å². The quantitative estimate of drug-likeness (QED) is 0.819. The first-order chi connectivity index (χ1) is 9.15. The van der Waals surface area contributed by atoms with Crippen LogP contribution in [0.5, 0.6) is 0 Å². The lowest BCUT2D eigenvalue weighted by molar-refractivity contribution is -0.129. The minimum Gasteiger partial charge on any atom is -0.341 e. The maximum Gasteiger partial charge on any atom is 0.227 e. The number of amides is 1. The molecular weight excluding hydrogens is 234 g/mol. The minimum atomic E-state index is 0.146. The van der Waals surface area contributed by atoms with Crippen LogP contribution in [0.4, 0.5) is 0 Å². The molecule has 1 amide bonds. The fourth-order valence-corrected chi connectivity index (χ4v) is 1.96. The molecule has 0 aliphatic carbocycles. The molecule has 0 aromatic heterocycles. The molecule has 0 fully saturated rings. The zero-order valence-corrected chi connectivity index (χ0v) is 11.5. The summed E-state index contributed by atoms with van der Waals surface area (Å²) >= 11 is 0. The van der Waals surface area contributed by atoms with Crippen LogP contribution in [0, 0.1) is 6.92 Å². The number of nitrogens with zero attached hydrogens (tertiary/aromatic N) is 1. The summed E-state index contributed by atoms with van der Waals surface area (Å²) in [4.78, 5) is 13.9. The second kappa shape index (κ2) is 6.19. The molecule has 0 unspecified atom stereocenters. The van der Waals surface area contributed by atoms with Crippen LogP contribution in [0.2, 0.25) is 0 Å². The van der Waals surface area contributed by atoms with Crippen molar-refractivity contribution in [2.75, 3.05) is 7.05 Å².